The average molecular weight is 533 g/mol. The first-order chi connectivity index (χ1) is 18.2. The van der Waals surface area contributed by atoms with E-state index in [1.807, 2.05) is 0 Å². The van der Waals surface area contributed by atoms with E-state index < -0.39 is 0 Å². The molecule has 0 saturated carbocycles. The summed E-state index contributed by atoms with van der Waals surface area (Å²) < 4.78 is 0. The first kappa shape index (κ1) is 33.6. The van der Waals surface area contributed by atoms with Gasteiger partial charge in [0, 0.05) is 5.92 Å². The third-order valence-electron chi connectivity index (χ3n) is 7.86. The number of benzene rings is 2. The summed E-state index contributed by atoms with van der Waals surface area (Å²) in [5.74, 6) is 4.50. The van der Waals surface area contributed by atoms with Crippen molar-refractivity contribution < 1.29 is 0 Å². The van der Waals surface area contributed by atoms with Crippen molar-refractivity contribution >= 4 is 0 Å². The topological polar surface area (TPSA) is 0 Å². The largest absolute Gasteiger partial charge is 0.0645 e. The monoisotopic (exact) mass is 533 g/mol. The van der Waals surface area contributed by atoms with Gasteiger partial charge >= 0.3 is 0 Å². The molecule has 0 bridgehead atoms. The maximum Gasteiger partial charge on any atom is 0.00871 e. The van der Waals surface area contributed by atoms with Gasteiger partial charge in [0.25, 0.3) is 0 Å². The molecular weight excluding hydrogens is 468 g/mol. The minimum Gasteiger partial charge on any atom is -0.0645 e. The minimum atomic E-state index is 0.458. The Labute approximate surface area is 244 Å². The summed E-state index contributed by atoms with van der Waals surface area (Å²) in [4.78, 5) is 0. The fourth-order valence-corrected chi connectivity index (χ4v) is 6.54. The smallest absolute Gasteiger partial charge is 0.00871 e. The zero-order valence-electron chi connectivity index (χ0n) is 28.3. The lowest BCUT2D eigenvalue weighted by atomic mass is 9.78. The van der Waals surface area contributed by atoms with Crippen LogP contribution in [0.25, 0.3) is 0 Å². The average Bonchev–Trinajstić information content (AvgIpc) is 2.77. The molecule has 0 heteroatoms. The fraction of sp³-hybridized carbons (Fsp3) is 0.692. The lowest BCUT2D eigenvalue weighted by Crippen LogP contribution is -2.14. The SMILES string of the molecule is CCC(c1cc(CC(C)C)c(CC(C)C)c(CC(C)C)c1)c1cc(CC(C)C)c(CC(C)C)c(CC(C)C)c1. The maximum absolute atomic E-state index is 2.63. The normalized spacial score (nSPS) is 12.5. The minimum absolute atomic E-state index is 0.458. The summed E-state index contributed by atoms with van der Waals surface area (Å²) in [7, 11) is 0. The first-order valence-electron chi connectivity index (χ1n) is 16.5. The molecule has 0 fully saturated rings. The lowest BCUT2D eigenvalue weighted by Gasteiger charge is -2.27. The van der Waals surface area contributed by atoms with Gasteiger partial charge in [-0.1, -0.05) is 114 Å². The van der Waals surface area contributed by atoms with Crippen LogP contribution in [-0.2, 0) is 38.5 Å². The quantitative estimate of drug-likeness (QED) is 0.214. The molecule has 2 rings (SSSR count). The molecule has 0 atom stereocenters. The van der Waals surface area contributed by atoms with Gasteiger partial charge in [-0.25, -0.2) is 0 Å². The van der Waals surface area contributed by atoms with E-state index in [9.17, 15) is 0 Å². The van der Waals surface area contributed by atoms with E-state index in [2.05, 4.69) is 114 Å². The van der Waals surface area contributed by atoms with Crippen LogP contribution in [0.3, 0.4) is 0 Å². The Kier molecular flexibility index (Phi) is 13.3. The van der Waals surface area contributed by atoms with Crippen molar-refractivity contribution in [2.45, 2.75) is 141 Å². The molecular formula is C39H64. The summed E-state index contributed by atoms with van der Waals surface area (Å²) in [6, 6.07) is 10.5. The standard InChI is InChI=1S/C39H64/c1-14-37(35-21-31(15-25(2)3)38(19-29(10)11)32(22-35)16-26(4)5)36-23-33(17-27(6)7)39(20-30(12)13)34(24-36)18-28(8)9/h21-30,37H,14-20H2,1-13H3. The van der Waals surface area contributed by atoms with Crippen molar-refractivity contribution in [1.29, 1.82) is 0 Å². The molecule has 0 heterocycles. The molecule has 0 aromatic heterocycles. The van der Waals surface area contributed by atoms with E-state index in [1.165, 1.54) is 38.5 Å². The van der Waals surface area contributed by atoms with Gasteiger partial charge in [0.2, 0.25) is 0 Å². The summed E-state index contributed by atoms with van der Waals surface area (Å²) >= 11 is 0. The highest BCUT2D eigenvalue weighted by molar-refractivity contribution is 5.48. The molecule has 2 aromatic rings. The van der Waals surface area contributed by atoms with Gasteiger partial charge in [-0.15, -0.1) is 0 Å². The molecule has 39 heavy (non-hydrogen) atoms. The van der Waals surface area contributed by atoms with E-state index in [0.29, 0.717) is 41.4 Å². The Morgan fingerprint density at radius 1 is 0.385 bits per heavy atom. The molecule has 0 unspecified atom stereocenters. The zero-order valence-corrected chi connectivity index (χ0v) is 28.3. The fourth-order valence-electron chi connectivity index (χ4n) is 6.54. The van der Waals surface area contributed by atoms with E-state index in [1.54, 1.807) is 44.5 Å². The highest BCUT2D eigenvalue weighted by Crippen LogP contribution is 2.37. The second kappa shape index (κ2) is 15.4. The Morgan fingerprint density at radius 3 is 0.795 bits per heavy atom. The van der Waals surface area contributed by atoms with Crippen molar-refractivity contribution in [2.24, 2.45) is 35.5 Å². The molecule has 0 aliphatic rings. The van der Waals surface area contributed by atoms with Gasteiger partial charge in [-0.05, 0) is 125 Å². The summed E-state index contributed by atoms with van der Waals surface area (Å²) in [6.07, 6.45) is 8.27. The van der Waals surface area contributed by atoms with Gasteiger partial charge in [0.1, 0.15) is 0 Å². The Bertz CT molecular complexity index is 871. The summed E-state index contributed by atoms with van der Waals surface area (Å²) in [5.41, 5.74) is 12.9. The van der Waals surface area contributed by atoms with Gasteiger partial charge in [0.15, 0.2) is 0 Å². The number of hydrogen-bond acceptors (Lipinski definition) is 0. The van der Waals surface area contributed by atoms with Crippen LogP contribution in [0, 0.1) is 35.5 Å². The molecule has 0 aliphatic heterocycles. The van der Waals surface area contributed by atoms with Crippen LogP contribution in [0.2, 0.25) is 0 Å². The number of hydrogen-bond donors (Lipinski definition) is 0. The third-order valence-corrected chi connectivity index (χ3v) is 7.86. The highest BCUT2D eigenvalue weighted by atomic mass is 14.3. The second-order valence-corrected chi connectivity index (χ2v) is 15.2. The molecule has 220 valence electrons. The van der Waals surface area contributed by atoms with Crippen LogP contribution in [0.5, 0.6) is 0 Å². The summed E-state index contributed by atoms with van der Waals surface area (Å²) in [6.45, 7) is 31.0. The predicted octanol–water partition coefficient (Wildman–Crippen LogP) is 11.4. The first-order valence-corrected chi connectivity index (χ1v) is 16.5. The maximum atomic E-state index is 2.63. The molecule has 0 aliphatic carbocycles. The molecule has 0 spiro atoms. The van der Waals surface area contributed by atoms with Crippen LogP contribution >= 0.6 is 0 Å². The van der Waals surface area contributed by atoms with E-state index in [0.717, 1.165) is 6.42 Å². The van der Waals surface area contributed by atoms with Crippen molar-refractivity contribution in [3.05, 3.63) is 68.8 Å². The van der Waals surface area contributed by atoms with Crippen LogP contribution in [0.4, 0.5) is 0 Å². The molecule has 0 N–H and O–H groups in total. The highest BCUT2D eigenvalue weighted by Gasteiger charge is 2.22. The van der Waals surface area contributed by atoms with Crippen molar-refractivity contribution in [1.82, 2.24) is 0 Å². The Morgan fingerprint density at radius 2 is 0.615 bits per heavy atom. The third kappa shape index (κ3) is 10.4. The van der Waals surface area contributed by atoms with Crippen molar-refractivity contribution in [3.63, 3.8) is 0 Å². The Hall–Kier alpha value is -1.56. The molecule has 0 nitrogen and oxygen atoms in total. The van der Waals surface area contributed by atoms with E-state index >= 15 is 0 Å². The molecule has 2 aromatic carbocycles. The van der Waals surface area contributed by atoms with E-state index in [4.69, 9.17) is 0 Å². The van der Waals surface area contributed by atoms with Crippen LogP contribution in [0.15, 0.2) is 24.3 Å². The summed E-state index contributed by atoms with van der Waals surface area (Å²) in [5, 5.41) is 0. The van der Waals surface area contributed by atoms with Crippen LogP contribution in [-0.4, -0.2) is 0 Å². The van der Waals surface area contributed by atoms with Crippen molar-refractivity contribution in [2.75, 3.05) is 0 Å². The van der Waals surface area contributed by atoms with Gasteiger partial charge in [-0.3, -0.25) is 0 Å². The van der Waals surface area contributed by atoms with E-state index in [-0.39, 0.29) is 0 Å². The van der Waals surface area contributed by atoms with Gasteiger partial charge < -0.3 is 0 Å². The van der Waals surface area contributed by atoms with Crippen LogP contribution < -0.4 is 0 Å². The second-order valence-electron chi connectivity index (χ2n) is 15.2. The van der Waals surface area contributed by atoms with Gasteiger partial charge in [0.05, 0.1) is 0 Å². The molecule has 0 amide bonds. The molecule has 0 saturated heterocycles. The van der Waals surface area contributed by atoms with Crippen LogP contribution in [0.1, 0.15) is 147 Å². The van der Waals surface area contributed by atoms with Gasteiger partial charge in [-0.2, -0.15) is 0 Å². The number of rotatable bonds is 15. The zero-order chi connectivity index (χ0) is 29.4. The molecule has 0 radical (unpaired) electrons. The Balaban J connectivity index is 2.80. The lowest BCUT2D eigenvalue weighted by molar-refractivity contribution is 0.592. The van der Waals surface area contributed by atoms with Crippen molar-refractivity contribution in [3.8, 4) is 0 Å². The predicted molar refractivity (Wildman–Crippen MR) is 176 cm³/mol.